The fraction of sp³-hybridized carbons (Fsp3) is 0.333. The highest BCUT2D eigenvalue weighted by molar-refractivity contribution is 5.56. The quantitative estimate of drug-likeness (QED) is 0.482. The van der Waals surface area contributed by atoms with Gasteiger partial charge in [-0.2, -0.15) is 0 Å². The van der Waals surface area contributed by atoms with Crippen LogP contribution < -0.4 is 10.1 Å². The molecule has 0 aliphatic rings. The number of nitrogens with one attached hydrogen (secondary N) is 1. The highest BCUT2D eigenvalue weighted by Gasteiger charge is 2.11. The van der Waals surface area contributed by atoms with E-state index in [2.05, 4.69) is 11.2 Å². The molecule has 0 aromatic heterocycles. The zero-order chi connectivity index (χ0) is 12.8. The lowest BCUT2D eigenvalue weighted by Gasteiger charge is -2.11. The molecule has 5 nitrogen and oxygen atoms in total. The van der Waals surface area contributed by atoms with E-state index in [4.69, 9.17) is 11.2 Å². The summed E-state index contributed by atoms with van der Waals surface area (Å²) in [5, 5.41) is 13.7. The van der Waals surface area contributed by atoms with Crippen LogP contribution in [0.2, 0.25) is 0 Å². The maximum absolute atomic E-state index is 10.7. The summed E-state index contributed by atoms with van der Waals surface area (Å²) in [7, 11) is 0. The molecule has 90 valence electrons. The van der Waals surface area contributed by atoms with Crippen LogP contribution in [0.1, 0.15) is 13.8 Å². The molecular weight excluding hydrogens is 220 g/mol. The van der Waals surface area contributed by atoms with Gasteiger partial charge in [0.05, 0.1) is 11.0 Å². The molecular formula is C12H14N2O3. The van der Waals surface area contributed by atoms with Crippen molar-refractivity contribution in [2.24, 2.45) is 0 Å². The van der Waals surface area contributed by atoms with Gasteiger partial charge in [-0.25, -0.2) is 0 Å². The Hall–Kier alpha value is -2.22. The maximum atomic E-state index is 10.7. The van der Waals surface area contributed by atoms with Gasteiger partial charge >= 0.3 is 0 Å². The fourth-order valence-electron chi connectivity index (χ4n) is 1.30. The molecule has 0 bridgehead atoms. The molecule has 0 aliphatic heterocycles. The maximum Gasteiger partial charge on any atom is 0.275 e. The summed E-state index contributed by atoms with van der Waals surface area (Å²) in [6.07, 6.45) is 4.77. The van der Waals surface area contributed by atoms with Crippen molar-refractivity contribution in [2.75, 3.05) is 11.9 Å². The number of non-ortho nitro benzene ring substituents is 1. The number of hydrogen-bond donors (Lipinski definition) is 1. The topological polar surface area (TPSA) is 64.4 Å². The number of ether oxygens (including phenoxy) is 1. The third kappa shape index (κ3) is 3.68. The number of benzene rings is 1. The molecule has 0 saturated carbocycles. The van der Waals surface area contributed by atoms with E-state index in [1.807, 2.05) is 6.92 Å². The summed E-state index contributed by atoms with van der Waals surface area (Å²) in [6, 6.07) is 4.50. The van der Waals surface area contributed by atoms with E-state index in [0.29, 0.717) is 18.0 Å². The minimum absolute atomic E-state index is 0.0253. The zero-order valence-electron chi connectivity index (χ0n) is 9.77. The van der Waals surface area contributed by atoms with Crippen molar-refractivity contribution >= 4 is 11.4 Å². The van der Waals surface area contributed by atoms with E-state index >= 15 is 0 Å². The van der Waals surface area contributed by atoms with Crippen LogP contribution in [-0.2, 0) is 0 Å². The summed E-state index contributed by atoms with van der Waals surface area (Å²) >= 11 is 0. The van der Waals surface area contributed by atoms with Crippen LogP contribution in [0.25, 0.3) is 0 Å². The number of anilines is 1. The first-order valence-electron chi connectivity index (χ1n) is 5.23. The highest BCUT2D eigenvalue weighted by atomic mass is 16.6. The predicted octanol–water partition coefficient (Wildman–Crippen LogP) is 2.43. The predicted molar refractivity (Wildman–Crippen MR) is 66.2 cm³/mol. The fourth-order valence-corrected chi connectivity index (χ4v) is 1.30. The average Bonchev–Trinajstić information content (AvgIpc) is 2.29. The minimum Gasteiger partial charge on any atom is -0.478 e. The first-order chi connectivity index (χ1) is 8.06. The number of nitrogens with zero attached hydrogens (tertiary/aromatic N) is 1. The van der Waals surface area contributed by atoms with Crippen molar-refractivity contribution in [2.45, 2.75) is 20.0 Å². The molecule has 1 atom stereocenters. The van der Waals surface area contributed by atoms with Gasteiger partial charge in [0.2, 0.25) is 0 Å². The second-order valence-corrected chi connectivity index (χ2v) is 3.43. The van der Waals surface area contributed by atoms with Gasteiger partial charge in [0.25, 0.3) is 5.69 Å². The Labute approximate surface area is 99.9 Å². The summed E-state index contributed by atoms with van der Waals surface area (Å²) in [5.74, 6) is 2.79. The Morgan fingerprint density at radius 3 is 2.82 bits per heavy atom. The van der Waals surface area contributed by atoms with Crippen molar-refractivity contribution in [1.82, 2.24) is 0 Å². The van der Waals surface area contributed by atoms with E-state index in [1.54, 1.807) is 13.0 Å². The van der Waals surface area contributed by atoms with E-state index in [0.717, 1.165) is 0 Å². The lowest BCUT2D eigenvalue weighted by Crippen LogP contribution is -2.09. The van der Waals surface area contributed by atoms with Gasteiger partial charge in [0.1, 0.15) is 5.75 Å². The third-order valence-corrected chi connectivity index (χ3v) is 2.03. The molecule has 1 rings (SSSR count). The highest BCUT2D eigenvalue weighted by Crippen LogP contribution is 2.26. The number of nitro groups is 1. The lowest BCUT2D eigenvalue weighted by atomic mass is 10.2. The smallest absolute Gasteiger partial charge is 0.275 e. The molecule has 0 aliphatic carbocycles. The van der Waals surface area contributed by atoms with Crippen molar-refractivity contribution in [3.63, 3.8) is 0 Å². The first-order valence-corrected chi connectivity index (χ1v) is 5.23. The van der Waals surface area contributed by atoms with Crippen molar-refractivity contribution < 1.29 is 9.66 Å². The van der Waals surface area contributed by atoms with E-state index < -0.39 is 11.0 Å². The van der Waals surface area contributed by atoms with E-state index in [9.17, 15) is 10.1 Å². The van der Waals surface area contributed by atoms with Gasteiger partial charge in [0, 0.05) is 24.4 Å². The molecule has 1 aromatic rings. The molecule has 5 heteroatoms. The average molecular weight is 234 g/mol. The Morgan fingerprint density at radius 1 is 1.59 bits per heavy atom. The van der Waals surface area contributed by atoms with Crippen LogP contribution >= 0.6 is 0 Å². The van der Waals surface area contributed by atoms with Gasteiger partial charge in [-0.05, 0) is 13.8 Å². The van der Waals surface area contributed by atoms with E-state index in [1.165, 1.54) is 12.1 Å². The number of nitro benzene ring substituents is 1. The van der Waals surface area contributed by atoms with Crippen molar-refractivity contribution in [3.8, 4) is 18.1 Å². The summed E-state index contributed by atoms with van der Waals surface area (Å²) in [5.41, 5.74) is 0.614. The number of terminal acetylenes is 1. The van der Waals surface area contributed by atoms with Gasteiger partial charge in [-0.15, -0.1) is 6.42 Å². The summed E-state index contributed by atoms with van der Waals surface area (Å²) in [4.78, 5) is 10.3. The van der Waals surface area contributed by atoms with Gasteiger partial charge in [-0.1, -0.05) is 5.92 Å². The lowest BCUT2D eigenvalue weighted by molar-refractivity contribution is -0.384. The van der Waals surface area contributed by atoms with Gasteiger partial charge in [-0.3, -0.25) is 10.1 Å². The summed E-state index contributed by atoms with van der Waals surface area (Å²) in [6.45, 7) is 4.28. The van der Waals surface area contributed by atoms with Crippen LogP contribution in [0.4, 0.5) is 11.4 Å². The molecule has 0 heterocycles. The normalized spacial score (nSPS) is 11.4. The largest absolute Gasteiger partial charge is 0.478 e. The monoisotopic (exact) mass is 234 g/mol. The molecule has 1 N–H and O–H groups in total. The molecule has 1 unspecified atom stereocenters. The molecule has 0 fully saturated rings. The Balaban J connectivity index is 3.04. The van der Waals surface area contributed by atoms with Crippen LogP contribution in [0.15, 0.2) is 18.2 Å². The Bertz CT molecular complexity index is 452. The number of hydrogen-bond acceptors (Lipinski definition) is 4. The minimum atomic E-state index is -0.464. The zero-order valence-corrected chi connectivity index (χ0v) is 9.77. The molecule has 1 aromatic carbocycles. The molecule has 0 radical (unpaired) electrons. The van der Waals surface area contributed by atoms with Crippen molar-refractivity contribution in [1.29, 1.82) is 0 Å². The van der Waals surface area contributed by atoms with Gasteiger partial charge < -0.3 is 10.1 Å². The van der Waals surface area contributed by atoms with Crippen LogP contribution in [-0.4, -0.2) is 17.6 Å². The second-order valence-electron chi connectivity index (χ2n) is 3.43. The molecule has 17 heavy (non-hydrogen) atoms. The van der Waals surface area contributed by atoms with E-state index in [-0.39, 0.29) is 5.69 Å². The Morgan fingerprint density at radius 2 is 2.29 bits per heavy atom. The van der Waals surface area contributed by atoms with Crippen LogP contribution in [0.3, 0.4) is 0 Å². The third-order valence-electron chi connectivity index (χ3n) is 2.03. The molecule has 0 saturated heterocycles. The van der Waals surface area contributed by atoms with Crippen molar-refractivity contribution in [3.05, 3.63) is 28.3 Å². The first kappa shape index (κ1) is 12.8. The molecule has 0 amide bonds. The standard InChI is InChI=1S/C12H14N2O3/c1-4-9(3)17-12-7-10(13-5-2)6-11(8-12)14(15)16/h1,6-9,13H,5H2,2-3H3. The van der Waals surface area contributed by atoms with Crippen LogP contribution in [0, 0.1) is 22.5 Å². The SMILES string of the molecule is C#CC(C)Oc1cc(NCC)cc([N+](=O)[O-])c1. The summed E-state index contributed by atoms with van der Waals surface area (Å²) < 4.78 is 5.36. The number of rotatable bonds is 5. The molecule has 0 spiro atoms. The van der Waals surface area contributed by atoms with Crippen LogP contribution in [0.5, 0.6) is 5.75 Å². The van der Waals surface area contributed by atoms with Gasteiger partial charge in [0.15, 0.2) is 6.10 Å². The second kappa shape index (κ2) is 5.75. The Kier molecular flexibility index (Phi) is 4.35.